The molecule has 21 heavy (non-hydrogen) atoms. The molecule has 5 heteroatoms. The first-order chi connectivity index (χ1) is 10.1. The predicted molar refractivity (Wildman–Crippen MR) is 83.1 cm³/mol. The third-order valence-corrected chi connectivity index (χ3v) is 3.79. The number of hydrogen-bond acceptors (Lipinski definition) is 4. The Morgan fingerprint density at radius 2 is 1.86 bits per heavy atom. The number of amides is 1. The maximum absolute atomic E-state index is 12.6. The molecule has 0 saturated carbocycles. The van der Waals surface area contributed by atoms with Gasteiger partial charge in [0.05, 0.1) is 25.9 Å². The average Bonchev–Trinajstić information content (AvgIpc) is 2.51. The predicted octanol–water partition coefficient (Wildman–Crippen LogP) is 1.93. The van der Waals surface area contributed by atoms with Crippen LogP contribution in [-0.4, -0.2) is 50.7 Å². The lowest BCUT2D eigenvalue weighted by atomic mass is 10.1. The van der Waals surface area contributed by atoms with Crippen molar-refractivity contribution in [2.24, 2.45) is 0 Å². The zero-order chi connectivity index (χ0) is 15.4. The minimum atomic E-state index is -0.158. The molecule has 1 fully saturated rings. The van der Waals surface area contributed by atoms with Gasteiger partial charge in [0, 0.05) is 37.8 Å². The van der Waals surface area contributed by atoms with Gasteiger partial charge in [0.2, 0.25) is 5.91 Å². The SMILES string of the molecule is C=CCN1CCN(c2cc(OC)cc(OC)c2)C(=O)C1C. The van der Waals surface area contributed by atoms with Gasteiger partial charge >= 0.3 is 0 Å². The van der Waals surface area contributed by atoms with Gasteiger partial charge in [-0.05, 0) is 6.92 Å². The van der Waals surface area contributed by atoms with Gasteiger partial charge in [0.25, 0.3) is 0 Å². The number of anilines is 1. The van der Waals surface area contributed by atoms with Crippen molar-refractivity contribution in [3.63, 3.8) is 0 Å². The van der Waals surface area contributed by atoms with Crippen LogP contribution in [0.15, 0.2) is 30.9 Å². The van der Waals surface area contributed by atoms with Gasteiger partial charge in [0.1, 0.15) is 11.5 Å². The zero-order valence-electron chi connectivity index (χ0n) is 12.8. The molecule has 0 aliphatic carbocycles. The lowest BCUT2D eigenvalue weighted by Gasteiger charge is -2.38. The fourth-order valence-electron chi connectivity index (χ4n) is 2.53. The number of carbonyl (C=O) groups is 1. The van der Waals surface area contributed by atoms with Crippen molar-refractivity contribution < 1.29 is 14.3 Å². The molecule has 0 N–H and O–H groups in total. The van der Waals surface area contributed by atoms with Crippen molar-refractivity contribution in [2.75, 3.05) is 38.8 Å². The van der Waals surface area contributed by atoms with Crippen LogP contribution in [0.5, 0.6) is 11.5 Å². The van der Waals surface area contributed by atoms with Gasteiger partial charge in [0.15, 0.2) is 0 Å². The maximum Gasteiger partial charge on any atom is 0.244 e. The summed E-state index contributed by atoms with van der Waals surface area (Å²) in [5, 5.41) is 0. The van der Waals surface area contributed by atoms with Crippen LogP contribution < -0.4 is 14.4 Å². The van der Waals surface area contributed by atoms with Crippen molar-refractivity contribution in [1.29, 1.82) is 0 Å². The second kappa shape index (κ2) is 6.63. The first kappa shape index (κ1) is 15.4. The lowest BCUT2D eigenvalue weighted by Crippen LogP contribution is -2.55. The molecule has 5 nitrogen and oxygen atoms in total. The van der Waals surface area contributed by atoms with Gasteiger partial charge < -0.3 is 14.4 Å². The van der Waals surface area contributed by atoms with Crippen LogP contribution in [0.3, 0.4) is 0 Å². The number of hydrogen-bond donors (Lipinski definition) is 0. The molecule has 2 rings (SSSR count). The standard InChI is InChI=1S/C16H22N2O3/c1-5-6-17-7-8-18(16(19)12(17)2)13-9-14(20-3)11-15(10-13)21-4/h5,9-12H,1,6-8H2,2-4H3. The summed E-state index contributed by atoms with van der Waals surface area (Å²) in [5.41, 5.74) is 0.807. The van der Waals surface area contributed by atoms with E-state index in [1.807, 2.05) is 25.1 Å². The monoisotopic (exact) mass is 290 g/mol. The van der Waals surface area contributed by atoms with E-state index >= 15 is 0 Å². The Morgan fingerprint density at radius 1 is 1.24 bits per heavy atom. The Hall–Kier alpha value is -2.01. The van der Waals surface area contributed by atoms with Crippen molar-refractivity contribution in [1.82, 2.24) is 4.90 Å². The molecule has 1 aromatic rings. The minimum absolute atomic E-state index is 0.0819. The van der Waals surface area contributed by atoms with Gasteiger partial charge in [-0.3, -0.25) is 9.69 Å². The smallest absolute Gasteiger partial charge is 0.244 e. The summed E-state index contributed by atoms with van der Waals surface area (Å²) in [7, 11) is 3.20. The van der Waals surface area contributed by atoms with E-state index in [1.54, 1.807) is 25.2 Å². The first-order valence-electron chi connectivity index (χ1n) is 7.00. The molecule has 0 spiro atoms. The topological polar surface area (TPSA) is 42.0 Å². The van der Waals surface area contributed by atoms with E-state index in [1.165, 1.54) is 0 Å². The second-order valence-corrected chi connectivity index (χ2v) is 5.02. The number of carbonyl (C=O) groups excluding carboxylic acids is 1. The van der Waals surface area contributed by atoms with Crippen LogP contribution in [0.1, 0.15) is 6.92 Å². The molecule has 1 amide bonds. The molecular formula is C16H22N2O3. The number of ether oxygens (including phenoxy) is 2. The Balaban J connectivity index is 2.26. The molecule has 114 valence electrons. The molecule has 1 atom stereocenters. The molecule has 0 bridgehead atoms. The highest BCUT2D eigenvalue weighted by Gasteiger charge is 2.31. The van der Waals surface area contributed by atoms with Crippen LogP contribution in [0.4, 0.5) is 5.69 Å². The van der Waals surface area contributed by atoms with Crippen molar-refractivity contribution in [3.05, 3.63) is 30.9 Å². The molecule has 1 aromatic carbocycles. The number of piperazine rings is 1. The molecule has 1 heterocycles. The molecule has 0 radical (unpaired) electrons. The van der Waals surface area contributed by atoms with E-state index < -0.39 is 0 Å². The van der Waals surface area contributed by atoms with Gasteiger partial charge in [-0.1, -0.05) is 6.08 Å². The number of methoxy groups -OCH3 is 2. The van der Waals surface area contributed by atoms with Gasteiger partial charge in [-0.15, -0.1) is 6.58 Å². The van der Waals surface area contributed by atoms with Crippen LogP contribution in [0, 0.1) is 0 Å². The number of benzene rings is 1. The van der Waals surface area contributed by atoms with Gasteiger partial charge in [-0.2, -0.15) is 0 Å². The Bertz CT molecular complexity index is 508. The highest BCUT2D eigenvalue weighted by molar-refractivity contribution is 5.98. The van der Waals surface area contributed by atoms with Crippen LogP contribution in [0.2, 0.25) is 0 Å². The zero-order valence-corrected chi connectivity index (χ0v) is 12.8. The highest BCUT2D eigenvalue weighted by Crippen LogP contribution is 2.30. The van der Waals surface area contributed by atoms with E-state index in [0.29, 0.717) is 18.0 Å². The van der Waals surface area contributed by atoms with Crippen molar-refractivity contribution in [2.45, 2.75) is 13.0 Å². The van der Waals surface area contributed by atoms with E-state index in [9.17, 15) is 4.79 Å². The van der Waals surface area contributed by atoms with E-state index in [0.717, 1.165) is 18.8 Å². The largest absolute Gasteiger partial charge is 0.497 e. The van der Waals surface area contributed by atoms with Crippen molar-refractivity contribution >= 4 is 11.6 Å². The fraction of sp³-hybridized carbons (Fsp3) is 0.438. The fourth-order valence-corrected chi connectivity index (χ4v) is 2.53. The number of rotatable bonds is 5. The Labute approximate surface area is 125 Å². The minimum Gasteiger partial charge on any atom is -0.497 e. The van der Waals surface area contributed by atoms with E-state index in [2.05, 4.69) is 11.5 Å². The van der Waals surface area contributed by atoms with E-state index in [4.69, 9.17) is 9.47 Å². The molecule has 1 saturated heterocycles. The normalized spacial score (nSPS) is 19.5. The molecular weight excluding hydrogens is 268 g/mol. The first-order valence-corrected chi connectivity index (χ1v) is 7.00. The highest BCUT2D eigenvalue weighted by atomic mass is 16.5. The Kier molecular flexibility index (Phi) is 4.85. The van der Waals surface area contributed by atoms with Crippen LogP contribution >= 0.6 is 0 Å². The summed E-state index contributed by atoms with van der Waals surface area (Å²) in [6, 6.07) is 5.35. The molecule has 0 aromatic heterocycles. The summed E-state index contributed by atoms with van der Waals surface area (Å²) in [5.74, 6) is 1.44. The summed E-state index contributed by atoms with van der Waals surface area (Å²) in [6.45, 7) is 7.85. The summed E-state index contributed by atoms with van der Waals surface area (Å²) >= 11 is 0. The lowest BCUT2D eigenvalue weighted by molar-refractivity contribution is -0.124. The summed E-state index contributed by atoms with van der Waals surface area (Å²) < 4.78 is 10.5. The third-order valence-electron chi connectivity index (χ3n) is 3.79. The van der Waals surface area contributed by atoms with Crippen LogP contribution in [0.25, 0.3) is 0 Å². The molecule has 1 unspecified atom stereocenters. The van der Waals surface area contributed by atoms with Crippen molar-refractivity contribution in [3.8, 4) is 11.5 Å². The molecule has 1 aliphatic heterocycles. The van der Waals surface area contributed by atoms with Gasteiger partial charge in [-0.25, -0.2) is 0 Å². The number of nitrogens with zero attached hydrogens (tertiary/aromatic N) is 2. The summed E-state index contributed by atoms with van der Waals surface area (Å²) in [4.78, 5) is 16.5. The maximum atomic E-state index is 12.6. The second-order valence-electron chi connectivity index (χ2n) is 5.02. The summed E-state index contributed by atoms with van der Waals surface area (Å²) in [6.07, 6.45) is 1.83. The van der Waals surface area contributed by atoms with E-state index in [-0.39, 0.29) is 11.9 Å². The quantitative estimate of drug-likeness (QED) is 0.777. The van der Waals surface area contributed by atoms with Crippen LogP contribution in [-0.2, 0) is 4.79 Å². The molecule has 1 aliphatic rings. The average molecular weight is 290 g/mol. The third kappa shape index (κ3) is 3.19. The Morgan fingerprint density at radius 3 is 2.38 bits per heavy atom.